The average molecular weight is 455 g/mol. The number of benzene rings is 1. The predicted octanol–water partition coefficient (Wildman–Crippen LogP) is 4.45. The molecular weight excluding hydrogens is 435 g/mol. The largest absolute Gasteiger partial charge is 0.446 e. The van der Waals surface area contributed by atoms with Crippen LogP contribution in [0.2, 0.25) is 0 Å². The minimum Gasteiger partial charge on any atom is -0.446 e. The van der Waals surface area contributed by atoms with Crippen molar-refractivity contribution in [2.75, 3.05) is 0 Å². The molecule has 11 heteroatoms. The first kappa shape index (κ1) is 22.6. The first-order valence-electron chi connectivity index (χ1n) is 9.35. The Morgan fingerprint density at radius 3 is 2.42 bits per heavy atom. The minimum absolute atomic E-state index is 0.231. The number of carbonyl (C=O) groups excluding carboxylic acids is 1. The molecule has 1 aromatic heterocycles. The zero-order valence-corrected chi connectivity index (χ0v) is 17.5. The first-order valence-corrected chi connectivity index (χ1v) is 10.8. The van der Waals surface area contributed by atoms with Crippen LogP contribution in [0.5, 0.6) is 0 Å². The average Bonchev–Trinajstić information content (AvgIpc) is 3.13. The SMILES string of the molecule is CC(C)OC(=O)NS(=O)(=O)c1ccc(-n2nc(C(F)(F)F)cc2C2=CCCC=C2)cc1. The van der Waals surface area contributed by atoms with E-state index < -0.39 is 34.1 Å². The molecule has 1 aliphatic rings. The zero-order chi connectivity index (χ0) is 22.8. The molecule has 1 aromatic carbocycles. The summed E-state index contributed by atoms with van der Waals surface area (Å²) in [4.78, 5) is 11.4. The lowest BCUT2D eigenvalue weighted by Gasteiger charge is -2.12. The molecule has 0 saturated carbocycles. The molecule has 0 unspecified atom stereocenters. The molecule has 3 rings (SSSR count). The number of rotatable bonds is 5. The Labute approximate surface area is 177 Å². The molecular formula is C20H20F3N3O4S. The van der Waals surface area contributed by atoms with Crippen LogP contribution in [0, 0.1) is 0 Å². The van der Waals surface area contributed by atoms with Crippen LogP contribution in [0.4, 0.5) is 18.0 Å². The third-order valence-electron chi connectivity index (χ3n) is 4.24. The summed E-state index contributed by atoms with van der Waals surface area (Å²) >= 11 is 0. The fourth-order valence-corrected chi connectivity index (χ4v) is 3.78. The molecule has 2 aromatic rings. The lowest BCUT2D eigenvalue weighted by molar-refractivity contribution is -0.141. The van der Waals surface area contributed by atoms with E-state index in [-0.39, 0.29) is 16.3 Å². The van der Waals surface area contributed by atoms with Crippen LogP contribution in [-0.2, 0) is 20.9 Å². The third-order valence-corrected chi connectivity index (χ3v) is 5.57. The van der Waals surface area contributed by atoms with Crippen LogP contribution >= 0.6 is 0 Å². The molecule has 7 nitrogen and oxygen atoms in total. The van der Waals surface area contributed by atoms with Gasteiger partial charge < -0.3 is 4.74 Å². The molecule has 0 aliphatic heterocycles. The standard InChI is InChI=1S/C20H20F3N3O4S/c1-13(2)30-19(27)25-31(28,29)16-10-8-15(9-11-16)26-17(14-6-4-3-5-7-14)12-18(24-26)20(21,22)23/h4,6-13H,3,5H2,1-2H3,(H,25,27). The molecule has 31 heavy (non-hydrogen) atoms. The van der Waals surface area contributed by atoms with Gasteiger partial charge in [-0.15, -0.1) is 0 Å². The van der Waals surface area contributed by atoms with E-state index in [1.165, 1.54) is 24.3 Å². The number of carbonyl (C=O) groups is 1. The summed E-state index contributed by atoms with van der Waals surface area (Å²) in [5.41, 5.74) is -0.00665. The smallest absolute Gasteiger partial charge is 0.435 e. The molecule has 1 amide bonds. The van der Waals surface area contributed by atoms with Crippen LogP contribution in [0.1, 0.15) is 38.1 Å². The van der Waals surface area contributed by atoms with E-state index in [0.29, 0.717) is 12.0 Å². The van der Waals surface area contributed by atoms with Crippen LogP contribution in [-0.4, -0.2) is 30.4 Å². The number of hydrogen-bond donors (Lipinski definition) is 1. The normalized spacial score (nSPS) is 14.5. The second-order valence-corrected chi connectivity index (χ2v) is 8.70. The second-order valence-electron chi connectivity index (χ2n) is 7.02. The van der Waals surface area contributed by atoms with Crippen LogP contribution in [0.25, 0.3) is 11.3 Å². The summed E-state index contributed by atoms with van der Waals surface area (Å²) < 4.78 is 72.0. The van der Waals surface area contributed by atoms with Crippen molar-refractivity contribution in [1.29, 1.82) is 0 Å². The molecule has 0 bridgehead atoms. The highest BCUT2D eigenvalue weighted by molar-refractivity contribution is 7.90. The van der Waals surface area contributed by atoms with Crippen LogP contribution in [0.15, 0.2) is 53.5 Å². The topological polar surface area (TPSA) is 90.3 Å². The summed E-state index contributed by atoms with van der Waals surface area (Å²) in [6.45, 7) is 3.13. The van der Waals surface area contributed by atoms with Crippen molar-refractivity contribution in [3.8, 4) is 5.69 Å². The molecule has 166 valence electrons. The highest BCUT2D eigenvalue weighted by Gasteiger charge is 2.35. The number of alkyl halides is 3. The molecule has 0 spiro atoms. The van der Waals surface area contributed by atoms with Crippen molar-refractivity contribution in [1.82, 2.24) is 14.5 Å². The third kappa shape index (κ3) is 5.35. The van der Waals surface area contributed by atoms with E-state index in [0.717, 1.165) is 17.2 Å². The van der Waals surface area contributed by atoms with Gasteiger partial charge in [-0.05, 0) is 62.6 Å². The van der Waals surface area contributed by atoms with Gasteiger partial charge in [0.1, 0.15) is 0 Å². The summed E-state index contributed by atoms with van der Waals surface area (Å²) in [5.74, 6) is 0. The van der Waals surface area contributed by atoms with Crippen molar-refractivity contribution in [3.63, 3.8) is 0 Å². The van der Waals surface area contributed by atoms with E-state index in [4.69, 9.17) is 4.74 Å². The Bertz CT molecular complexity index is 1130. The summed E-state index contributed by atoms with van der Waals surface area (Å²) in [7, 11) is -4.21. The number of hydrogen-bond acceptors (Lipinski definition) is 5. The highest BCUT2D eigenvalue weighted by Crippen LogP contribution is 2.33. The highest BCUT2D eigenvalue weighted by atomic mass is 32.2. The lowest BCUT2D eigenvalue weighted by atomic mass is 10.0. The maximum atomic E-state index is 13.3. The fourth-order valence-electron chi connectivity index (χ4n) is 2.90. The van der Waals surface area contributed by atoms with Gasteiger partial charge in [0, 0.05) is 0 Å². The van der Waals surface area contributed by atoms with E-state index in [1.807, 2.05) is 12.2 Å². The van der Waals surface area contributed by atoms with Gasteiger partial charge in [0.05, 0.1) is 22.4 Å². The summed E-state index contributed by atoms with van der Waals surface area (Å²) in [6.07, 6.45) is 0.606. The van der Waals surface area contributed by atoms with Gasteiger partial charge in [-0.25, -0.2) is 22.6 Å². The van der Waals surface area contributed by atoms with E-state index in [9.17, 15) is 26.4 Å². The minimum atomic E-state index is -4.64. The Hall–Kier alpha value is -3.08. The number of nitrogens with zero attached hydrogens (tertiary/aromatic N) is 2. The van der Waals surface area contributed by atoms with Crippen LogP contribution in [0.3, 0.4) is 0 Å². The number of nitrogens with one attached hydrogen (secondary N) is 1. The molecule has 1 heterocycles. The fraction of sp³-hybridized carbons (Fsp3) is 0.300. The van der Waals surface area contributed by atoms with E-state index >= 15 is 0 Å². The maximum absolute atomic E-state index is 13.3. The Balaban J connectivity index is 1.95. The van der Waals surface area contributed by atoms with Gasteiger partial charge >= 0.3 is 12.3 Å². The Morgan fingerprint density at radius 1 is 1.19 bits per heavy atom. The van der Waals surface area contributed by atoms with Gasteiger partial charge in [0.25, 0.3) is 10.0 Å². The Kier molecular flexibility index (Phi) is 6.25. The second kappa shape index (κ2) is 8.58. The maximum Gasteiger partial charge on any atom is 0.435 e. The Morgan fingerprint density at radius 2 is 1.87 bits per heavy atom. The van der Waals surface area contributed by atoms with Crippen molar-refractivity contribution < 1.29 is 31.1 Å². The van der Waals surface area contributed by atoms with E-state index in [2.05, 4.69) is 5.10 Å². The van der Waals surface area contributed by atoms with Crippen molar-refractivity contribution in [3.05, 3.63) is 59.9 Å². The number of halogens is 3. The van der Waals surface area contributed by atoms with Gasteiger partial charge in [-0.1, -0.05) is 18.2 Å². The van der Waals surface area contributed by atoms with Gasteiger partial charge in [0.15, 0.2) is 5.69 Å². The van der Waals surface area contributed by atoms with E-state index in [1.54, 1.807) is 24.6 Å². The number of amides is 1. The number of aromatic nitrogens is 2. The van der Waals surface area contributed by atoms with Gasteiger partial charge in [0.2, 0.25) is 0 Å². The van der Waals surface area contributed by atoms with Gasteiger partial charge in [-0.3, -0.25) is 0 Å². The summed E-state index contributed by atoms with van der Waals surface area (Å²) in [5, 5.41) is 3.68. The summed E-state index contributed by atoms with van der Waals surface area (Å²) in [6, 6.07) is 5.92. The number of ether oxygens (including phenoxy) is 1. The van der Waals surface area contributed by atoms with Crippen molar-refractivity contribution >= 4 is 21.7 Å². The molecule has 0 saturated heterocycles. The lowest BCUT2D eigenvalue weighted by Crippen LogP contribution is -2.32. The number of sulfonamides is 1. The predicted molar refractivity (Wildman–Crippen MR) is 107 cm³/mol. The quantitative estimate of drug-likeness (QED) is 0.720. The first-order chi connectivity index (χ1) is 14.5. The monoisotopic (exact) mass is 455 g/mol. The van der Waals surface area contributed by atoms with Gasteiger partial charge in [-0.2, -0.15) is 18.3 Å². The molecule has 0 radical (unpaired) electrons. The molecule has 0 atom stereocenters. The number of allylic oxidation sites excluding steroid dienone is 4. The van der Waals surface area contributed by atoms with Crippen LogP contribution < -0.4 is 4.72 Å². The zero-order valence-electron chi connectivity index (χ0n) is 16.7. The van der Waals surface area contributed by atoms with Crippen molar-refractivity contribution in [2.24, 2.45) is 0 Å². The molecule has 1 N–H and O–H groups in total. The molecule has 0 fully saturated rings. The van der Waals surface area contributed by atoms with Crippen molar-refractivity contribution in [2.45, 2.75) is 43.9 Å². The molecule has 1 aliphatic carbocycles.